The third kappa shape index (κ3) is 8.78. The van der Waals surface area contributed by atoms with Crippen molar-refractivity contribution < 1.29 is 30.4 Å². The molecule has 0 saturated heterocycles. The van der Waals surface area contributed by atoms with E-state index in [9.17, 15) is 0 Å². The van der Waals surface area contributed by atoms with E-state index in [0.29, 0.717) is 11.5 Å². The molecule has 338 valence electrons. The Hall–Kier alpha value is -6.55. The zero-order valence-electron chi connectivity index (χ0n) is 40.0. The van der Waals surface area contributed by atoms with E-state index < -0.39 is 0 Å². The fraction of sp³-hybridized carbons (Fsp3) is 0.213. The molecule has 0 N–H and O–H groups in total. The topological polar surface area (TPSA) is 35.9 Å². The molecule has 0 radical (unpaired) electrons. The maximum absolute atomic E-state index is 6.69. The van der Waals surface area contributed by atoms with Gasteiger partial charge in [0.1, 0.15) is 5.82 Å². The number of aromatic nitrogens is 4. The van der Waals surface area contributed by atoms with E-state index in [1.807, 2.05) is 24.4 Å². The van der Waals surface area contributed by atoms with Crippen LogP contribution in [0.1, 0.15) is 84.6 Å². The summed E-state index contributed by atoms with van der Waals surface area (Å²) in [7, 11) is 0. The van der Waals surface area contributed by atoms with Crippen LogP contribution >= 0.6 is 0 Å². The van der Waals surface area contributed by atoms with Crippen LogP contribution in [0.25, 0.3) is 72.3 Å². The Morgan fingerprint density at radius 1 is 0.537 bits per heavy atom. The molecule has 3 heterocycles. The van der Waals surface area contributed by atoms with Gasteiger partial charge in [-0.05, 0) is 97.5 Å². The molecule has 0 spiro atoms. The van der Waals surface area contributed by atoms with E-state index in [4.69, 9.17) is 9.72 Å². The molecule has 0 aliphatic rings. The number of benzene rings is 7. The number of ether oxygens (including phenoxy) is 1. The fourth-order valence-electron chi connectivity index (χ4n) is 8.93. The van der Waals surface area contributed by atoms with Gasteiger partial charge in [-0.3, -0.25) is 4.57 Å². The summed E-state index contributed by atoms with van der Waals surface area (Å²) in [6.45, 7) is 22.5. The molecule has 0 bridgehead atoms. The Bertz CT molecular complexity index is 3420. The Kier molecular flexibility index (Phi) is 11.8. The molecule has 3 aromatic heterocycles. The molecule has 0 atom stereocenters. The first-order chi connectivity index (χ1) is 31.5. The van der Waals surface area contributed by atoms with Crippen LogP contribution in [0.4, 0.5) is 0 Å². The molecule has 5 nitrogen and oxygen atoms in total. The summed E-state index contributed by atoms with van der Waals surface area (Å²) >= 11 is 0. The van der Waals surface area contributed by atoms with Crippen molar-refractivity contribution in [2.24, 2.45) is 0 Å². The minimum absolute atomic E-state index is 0. The fourth-order valence-corrected chi connectivity index (χ4v) is 8.93. The first kappa shape index (κ1) is 45.6. The average Bonchev–Trinajstić information content (AvgIpc) is 3.84. The number of hydrogen-bond donors (Lipinski definition) is 0. The molecule has 0 unspecified atom stereocenters. The third-order valence-corrected chi connectivity index (χ3v) is 12.8. The molecular weight excluding hydrogens is 1000 g/mol. The molecule has 7 aromatic carbocycles. The van der Waals surface area contributed by atoms with Crippen molar-refractivity contribution >= 4 is 32.8 Å². The standard InChI is InChI=1S/C61H56N4O.Pt/c1-40-31-58(62-38-53(40)42-23-26-44(27-24-42)59(2,3)4)65-54-30-25-43(41-17-12-11-13-18-41)32-52(54)51-29-28-50(37-57(51)65)66-49-20-16-19-47(36-49)63-39-64(56-22-15-14-21-55(56)63)48-34-45(60(5,6)7)33-46(35-48)61(8,9)10;/h11-35,38H,1-10H3;/q-2;. The smallest absolute Gasteiger partial charge is 0.268 e. The summed E-state index contributed by atoms with van der Waals surface area (Å²) in [5.41, 5.74) is 15.6. The minimum atomic E-state index is -0.0205. The maximum Gasteiger partial charge on any atom is 0.268 e. The molecule has 6 heteroatoms. The third-order valence-electron chi connectivity index (χ3n) is 12.8. The average molecular weight is 1060 g/mol. The van der Waals surface area contributed by atoms with Crippen LogP contribution in [0.5, 0.6) is 11.5 Å². The minimum Gasteiger partial charge on any atom is -0.510 e. The Labute approximate surface area is 410 Å². The molecule has 0 aliphatic carbocycles. The van der Waals surface area contributed by atoms with E-state index in [2.05, 4.69) is 235 Å². The number of fused-ring (bicyclic) bond motifs is 4. The molecule has 0 saturated carbocycles. The summed E-state index contributed by atoms with van der Waals surface area (Å²) in [6.07, 6.45) is 5.71. The van der Waals surface area contributed by atoms with Gasteiger partial charge in [0, 0.05) is 49.8 Å². The van der Waals surface area contributed by atoms with Crippen LogP contribution in [0.2, 0.25) is 0 Å². The predicted molar refractivity (Wildman–Crippen MR) is 272 cm³/mol. The second-order valence-electron chi connectivity index (χ2n) is 20.7. The molecule has 0 amide bonds. The van der Waals surface area contributed by atoms with Crippen molar-refractivity contribution in [1.82, 2.24) is 14.1 Å². The number of nitrogens with zero attached hydrogens (tertiary/aromatic N) is 4. The van der Waals surface area contributed by atoms with Crippen molar-refractivity contribution in [3.8, 4) is 50.9 Å². The zero-order chi connectivity index (χ0) is 46.1. The van der Waals surface area contributed by atoms with Crippen molar-refractivity contribution in [1.29, 1.82) is 0 Å². The summed E-state index contributed by atoms with van der Waals surface area (Å²) in [5, 5.41) is 2.19. The van der Waals surface area contributed by atoms with Crippen LogP contribution in [-0.4, -0.2) is 14.1 Å². The monoisotopic (exact) mass is 1060 g/mol. The first-order valence-electron chi connectivity index (χ1n) is 23.0. The summed E-state index contributed by atoms with van der Waals surface area (Å²) < 4.78 is 13.2. The van der Waals surface area contributed by atoms with E-state index in [1.165, 1.54) is 22.3 Å². The van der Waals surface area contributed by atoms with Crippen molar-refractivity contribution in [3.05, 3.63) is 199 Å². The van der Waals surface area contributed by atoms with Gasteiger partial charge in [-0.15, -0.1) is 29.7 Å². The van der Waals surface area contributed by atoms with Gasteiger partial charge >= 0.3 is 0 Å². The number of hydrogen-bond acceptors (Lipinski definition) is 2. The van der Waals surface area contributed by atoms with Crippen LogP contribution in [0, 0.1) is 25.4 Å². The SMILES string of the molecule is Cc1cc(-n2c3[c-]c(Oc4[c-]c(-n5[c-][n+](-c6cc(C(C)(C)C)cc(C(C)(C)C)c6)c6ccccc65)ccc4)ccc3c3cc(-c4ccccc4)ccc32)ncc1-c1ccc(C(C)(C)C)cc1.[Pt]. The number of para-hydroxylation sites is 2. The van der Waals surface area contributed by atoms with Crippen LogP contribution in [0.15, 0.2) is 158 Å². The number of pyridine rings is 1. The quantitative estimate of drug-likeness (QED) is 0.118. The van der Waals surface area contributed by atoms with Gasteiger partial charge in [0.05, 0.1) is 16.7 Å². The van der Waals surface area contributed by atoms with Gasteiger partial charge in [-0.25, -0.2) is 4.98 Å². The van der Waals surface area contributed by atoms with Gasteiger partial charge in [0.15, 0.2) is 0 Å². The van der Waals surface area contributed by atoms with Gasteiger partial charge in [-0.2, -0.15) is 18.2 Å². The number of imidazole rings is 1. The van der Waals surface area contributed by atoms with Gasteiger partial charge in [0.2, 0.25) is 0 Å². The van der Waals surface area contributed by atoms with Gasteiger partial charge in [-0.1, -0.05) is 165 Å². The maximum atomic E-state index is 6.69. The van der Waals surface area contributed by atoms with Crippen molar-refractivity contribution in [2.45, 2.75) is 85.5 Å². The number of rotatable bonds is 7. The second kappa shape index (κ2) is 17.3. The zero-order valence-corrected chi connectivity index (χ0v) is 42.3. The Morgan fingerprint density at radius 2 is 1.19 bits per heavy atom. The first-order valence-corrected chi connectivity index (χ1v) is 23.0. The van der Waals surface area contributed by atoms with E-state index >= 15 is 0 Å². The summed E-state index contributed by atoms with van der Waals surface area (Å²) in [4.78, 5) is 5.14. The van der Waals surface area contributed by atoms with Crippen molar-refractivity contribution in [2.75, 3.05) is 0 Å². The van der Waals surface area contributed by atoms with E-state index in [0.717, 1.165) is 72.3 Å². The molecule has 10 aromatic rings. The van der Waals surface area contributed by atoms with E-state index in [-0.39, 0.29) is 37.3 Å². The predicted octanol–water partition coefficient (Wildman–Crippen LogP) is 15.1. The Morgan fingerprint density at radius 3 is 1.88 bits per heavy atom. The Balaban J connectivity index is 0.00000562. The van der Waals surface area contributed by atoms with Gasteiger partial charge in [0.25, 0.3) is 6.33 Å². The normalized spacial score (nSPS) is 12.2. The molecule has 67 heavy (non-hydrogen) atoms. The molecule has 10 rings (SSSR count). The summed E-state index contributed by atoms with van der Waals surface area (Å²) in [5.74, 6) is 1.99. The summed E-state index contributed by atoms with van der Waals surface area (Å²) in [6, 6.07) is 61.1. The molecule has 0 aliphatic heterocycles. The molecule has 0 fully saturated rings. The number of aryl methyl sites for hydroxylation is 1. The van der Waals surface area contributed by atoms with Crippen molar-refractivity contribution in [3.63, 3.8) is 0 Å². The largest absolute Gasteiger partial charge is 0.510 e. The van der Waals surface area contributed by atoms with Gasteiger partial charge < -0.3 is 13.9 Å². The molecular formula is C61H56N4OPt-2. The van der Waals surface area contributed by atoms with E-state index in [1.54, 1.807) is 0 Å². The second-order valence-corrected chi connectivity index (χ2v) is 20.7. The van der Waals surface area contributed by atoms with Crippen LogP contribution in [0.3, 0.4) is 0 Å². The van der Waals surface area contributed by atoms with Crippen LogP contribution in [-0.2, 0) is 37.3 Å². The van der Waals surface area contributed by atoms with Crippen LogP contribution < -0.4 is 9.30 Å².